The number of benzene rings is 1. The van der Waals surface area contributed by atoms with E-state index in [9.17, 15) is 4.79 Å². The Labute approximate surface area is 102 Å². The fourth-order valence-corrected chi connectivity index (χ4v) is 2.77. The van der Waals surface area contributed by atoms with Crippen molar-refractivity contribution in [3.8, 4) is 0 Å². The first-order chi connectivity index (χ1) is 8.25. The van der Waals surface area contributed by atoms with Crippen molar-refractivity contribution in [3.63, 3.8) is 0 Å². The SMILES string of the molecule is CC1C(=O)N2CCC2CN1Cc1ccccc1. The van der Waals surface area contributed by atoms with Crippen molar-refractivity contribution in [2.45, 2.75) is 32.0 Å². The Hall–Kier alpha value is -1.35. The summed E-state index contributed by atoms with van der Waals surface area (Å²) < 4.78 is 0. The molecule has 2 atom stereocenters. The second kappa shape index (κ2) is 4.15. The molecule has 90 valence electrons. The Morgan fingerprint density at radius 1 is 1.29 bits per heavy atom. The number of carbonyl (C=O) groups excluding carboxylic acids is 1. The third-order valence-corrected chi connectivity index (χ3v) is 4.01. The zero-order chi connectivity index (χ0) is 11.8. The van der Waals surface area contributed by atoms with Crippen LogP contribution >= 0.6 is 0 Å². The van der Waals surface area contributed by atoms with Gasteiger partial charge in [-0.05, 0) is 18.9 Å². The monoisotopic (exact) mass is 230 g/mol. The summed E-state index contributed by atoms with van der Waals surface area (Å²) in [6.07, 6.45) is 1.17. The third kappa shape index (κ3) is 1.84. The summed E-state index contributed by atoms with van der Waals surface area (Å²) in [5.74, 6) is 0.309. The van der Waals surface area contributed by atoms with E-state index in [2.05, 4.69) is 29.2 Å². The molecular weight excluding hydrogens is 212 g/mol. The summed E-state index contributed by atoms with van der Waals surface area (Å²) in [5.41, 5.74) is 1.29. The van der Waals surface area contributed by atoms with Crippen molar-refractivity contribution < 1.29 is 4.79 Å². The quantitative estimate of drug-likeness (QED) is 0.768. The van der Waals surface area contributed by atoms with Crippen LogP contribution in [0, 0.1) is 0 Å². The Kier molecular flexibility index (Phi) is 2.63. The van der Waals surface area contributed by atoms with Gasteiger partial charge in [-0.3, -0.25) is 9.69 Å². The molecule has 0 saturated carbocycles. The minimum Gasteiger partial charge on any atom is -0.337 e. The van der Waals surface area contributed by atoms with Crippen LogP contribution in [-0.2, 0) is 11.3 Å². The lowest BCUT2D eigenvalue weighted by molar-refractivity contribution is -0.153. The maximum atomic E-state index is 12.1. The Morgan fingerprint density at radius 3 is 2.71 bits per heavy atom. The highest BCUT2D eigenvalue weighted by atomic mass is 16.2. The number of hydrogen-bond acceptors (Lipinski definition) is 2. The first-order valence-electron chi connectivity index (χ1n) is 6.34. The maximum absolute atomic E-state index is 12.1. The van der Waals surface area contributed by atoms with E-state index in [1.165, 1.54) is 12.0 Å². The molecule has 0 N–H and O–H groups in total. The van der Waals surface area contributed by atoms with E-state index in [1.807, 2.05) is 17.9 Å². The van der Waals surface area contributed by atoms with Gasteiger partial charge in [-0.1, -0.05) is 30.3 Å². The largest absolute Gasteiger partial charge is 0.337 e. The van der Waals surface area contributed by atoms with Crippen LogP contribution < -0.4 is 0 Å². The van der Waals surface area contributed by atoms with Gasteiger partial charge < -0.3 is 4.90 Å². The number of hydrogen-bond donors (Lipinski definition) is 0. The van der Waals surface area contributed by atoms with E-state index >= 15 is 0 Å². The molecule has 2 aliphatic rings. The van der Waals surface area contributed by atoms with Crippen LogP contribution in [0.2, 0.25) is 0 Å². The summed E-state index contributed by atoms with van der Waals surface area (Å²) in [6, 6.07) is 10.9. The van der Waals surface area contributed by atoms with E-state index in [1.54, 1.807) is 0 Å². The van der Waals surface area contributed by atoms with Crippen molar-refractivity contribution in [3.05, 3.63) is 35.9 Å². The van der Waals surface area contributed by atoms with Crippen molar-refractivity contribution in [2.75, 3.05) is 13.1 Å². The van der Waals surface area contributed by atoms with Gasteiger partial charge in [0, 0.05) is 25.7 Å². The van der Waals surface area contributed by atoms with E-state index < -0.39 is 0 Å². The highest BCUT2D eigenvalue weighted by Gasteiger charge is 2.42. The molecule has 2 heterocycles. The van der Waals surface area contributed by atoms with Crippen molar-refractivity contribution >= 4 is 5.91 Å². The molecule has 2 unspecified atom stereocenters. The van der Waals surface area contributed by atoms with Gasteiger partial charge >= 0.3 is 0 Å². The average molecular weight is 230 g/mol. The second-order valence-electron chi connectivity index (χ2n) is 5.07. The molecule has 1 aromatic carbocycles. The summed E-state index contributed by atoms with van der Waals surface area (Å²) in [4.78, 5) is 16.4. The molecule has 1 amide bonds. The summed E-state index contributed by atoms with van der Waals surface area (Å²) in [5, 5.41) is 0. The Balaban J connectivity index is 1.73. The van der Waals surface area contributed by atoms with Gasteiger partial charge in [0.2, 0.25) is 5.91 Å². The van der Waals surface area contributed by atoms with Crippen molar-refractivity contribution in [1.82, 2.24) is 9.80 Å². The molecule has 0 radical (unpaired) electrons. The van der Waals surface area contributed by atoms with Crippen LogP contribution in [0.3, 0.4) is 0 Å². The minimum atomic E-state index is 0.0340. The molecule has 2 saturated heterocycles. The van der Waals surface area contributed by atoms with E-state index in [0.29, 0.717) is 11.9 Å². The van der Waals surface area contributed by atoms with Gasteiger partial charge in [0.15, 0.2) is 0 Å². The number of rotatable bonds is 2. The van der Waals surface area contributed by atoms with Crippen molar-refractivity contribution in [2.24, 2.45) is 0 Å². The first kappa shape index (κ1) is 10.8. The molecule has 3 nitrogen and oxygen atoms in total. The van der Waals surface area contributed by atoms with Gasteiger partial charge in [0.25, 0.3) is 0 Å². The molecule has 0 spiro atoms. The van der Waals surface area contributed by atoms with Crippen LogP contribution in [0.5, 0.6) is 0 Å². The number of piperazine rings is 1. The predicted molar refractivity (Wildman–Crippen MR) is 66.4 cm³/mol. The lowest BCUT2D eigenvalue weighted by Gasteiger charge is -2.51. The molecule has 0 bridgehead atoms. The number of carbonyl (C=O) groups is 1. The molecule has 3 heteroatoms. The lowest BCUT2D eigenvalue weighted by atomic mass is 9.95. The summed E-state index contributed by atoms with van der Waals surface area (Å²) >= 11 is 0. The zero-order valence-electron chi connectivity index (χ0n) is 10.2. The molecule has 2 aliphatic heterocycles. The fraction of sp³-hybridized carbons (Fsp3) is 0.500. The standard InChI is InChI=1S/C14H18N2O/c1-11-14(17)16-8-7-13(16)10-15(11)9-12-5-3-2-4-6-12/h2-6,11,13H,7-10H2,1H3. The van der Waals surface area contributed by atoms with Crippen LogP contribution in [0.15, 0.2) is 30.3 Å². The average Bonchev–Trinajstić information content (AvgIpc) is 2.31. The molecule has 2 fully saturated rings. The molecular formula is C14H18N2O. The number of amides is 1. The normalized spacial score (nSPS) is 28.8. The Bertz CT molecular complexity index is 417. The van der Waals surface area contributed by atoms with Gasteiger partial charge in [-0.15, -0.1) is 0 Å². The predicted octanol–water partition coefficient (Wildman–Crippen LogP) is 1.49. The molecule has 3 rings (SSSR count). The summed E-state index contributed by atoms with van der Waals surface area (Å²) in [6.45, 7) is 4.91. The second-order valence-corrected chi connectivity index (χ2v) is 5.07. The van der Waals surface area contributed by atoms with Gasteiger partial charge in [-0.25, -0.2) is 0 Å². The van der Waals surface area contributed by atoms with Gasteiger partial charge in [-0.2, -0.15) is 0 Å². The topological polar surface area (TPSA) is 23.6 Å². The molecule has 0 aromatic heterocycles. The lowest BCUT2D eigenvalue weighted by Crippen LogP contribution is -2.66. The molecule has 17 heavy (non-hydrogen) atoms. The van der Waals surface area contributed by atoms with E-state index in [-0.39, 0.29) is 6.04 Å². The highest BCUT2D eigenvalue weighted by molar-refractivity contribution is 5.83. The molecule has 1 aromatic rings. The zero-order valence-corrected chi connectivity index (χ0v) is 10.2. The van der Waals surface area contributed by atoms with Crippen molar-refractivity contribution in [1.29, 1.82) is 0 Å². The third-order valence-electron chi connectivity index (χ3n) is 4.01. The maximum Gasteiger partial charge on any atom is 0.239 e. The highest BCUT2D eigenvalue weighted by Crippen LogP contribution is 2.27. The number of nitrogens with zero attached hydrogens (tertiary/aromatic N) is 2. The number of fused-ring (bicyclic) bond motifs is 1. The van der Waals surface area contributed by atoms with Crippen LogP contribution in [0.4, 0.5) is 0 Å². The van der Waals surface area contributed by atoms with Crippen LogP contribution in [0.25, 0.3) is 0 Å². The summed E-state index contributed by atoms with van der Waals surface area (Å²) in [7, 11) is 0. The fourth-order valence-electron chi connectivity index (χ4n) is 2.77. The van der Waals surface area contributed by atoms with Gasteiger partial charge in [0.1, 0.15) is 0 Å². The smallest absolute Gasteiger partial charge is 0.239 e. The first-order valence-corrected chi connectivity index (χ1v) is 6.34. The van der Waals surface area contributed by atoms with Gasteiger partial charge in [0.05, 0.1) is 6.04 Å². The van der Waals surface area contributed by atoms with E-state index in [0.717, 1.165) is 19.6 Å². The Morgan fingerprint density at radius 2 is 2.06 bits per heavy atom. The van der Waals surface area contributed by atoms with Crippen LogP contribution in [0.1, 0.15) is 18.9 Å². The van der Waals surface area contributed by atoms with Crippen LogP contribution in [-0.4, -0.2) is 40.9 Å². The van der Waals surface area contributed by atoms with E-state index in [4.69, 9.17) is 0 Å². The molecule has 0 aliphatic carbocycles. The minimum absolute atomic E-state index is 0.0340.